The molecule has 1 unspecified atom stereocenters. The summed E-state index contributed by atoms with van der Waals surface area (Å²) in [5.74, 6) is 0.940. The van der Waals surface area contributed by atoms with E-state index in [0.717, 1.165) is 43.1 Å². The molecular formula is C24H33N5O. The first-order chi connectivity index (χ1) is 14.7. The molecule has 4 rings (SSSR count). The summed E-state index contributed by atoms with van der Waals surface area (Å²) in [5, 5.41) is 11.8. The lowest BCUT2D eigenvalue weighted by molar-refractivity contribution is 0.0949. The van der Waals surface area contributed by atoms with E-state index >= 15 is 0 Å². The Kier molecular flexibility index (Phi) is 6.95. The Morgan fingerprint density at radius 3 is 2.47 bits per heavy atom. The molecule has 2 fully saturated rings. The molecule has 0 aliphatic carbocycles. The third kappa shape index (κ3) is 5.17. The number of amides is 1. The van der Waals surface area contributed by atoms with E-state index in [4.69, 9.17) is 0 Å². The van der Waals surface area contributed by atoms with Gasteiger partial charge in [-0.05, 0) is 69.8 Å². The summed E-state index contributed by atoms with van der Waals surface area (Å²) in [7, 11) is 0. The van der Waals surface area contributed by atoms with Crippen molar-refractivity contribution in [2.45, 2.75) is 51.5 Å². The predicted molar refractivity (Wildman–Crippen MR) is 121 cm³/mol. The first-order valence-corrected chi connectivity index (χ1v) is 11.4. The smallest absolute Gasteiger partial charge is 0.251 e. The van der Waals surface area contributed by atoms with Gasteiger partial charge in [-0.2, -0.15) is 0 Å². The number of likely N-dealkylation sites (tertiary alicyclic amines) is 1. The largest absolute Gasteiger partial charge is 0.355 e. The van der Waals surface area contributed by atoms with Gasteiger partial charge in [0.1, 0.15) is 0 Å². The zero-order chi connectivity index (χ0) is 20.8. The van der Waals surface area contributed by atoms with Crippen LogP contribution in [0.3, 0.4) is 0 Å². The van der Waals surface area contributed by atoms with Crippen LogP contribution in [0.25, 0.3) is 11.3 Å². The van der Waals surface area contributed by atoms with Crippen LogP contribution >= 0.6 is 0 Å². The second kappa shape index (κ2) is 10.0. The molecular weight excluding hydrogens is 374 g/mol. The fraction of sp³-hybridized carbons (Fsp3) is 0.542. The van der Waals surface area contributed by atoms with Crippen LogP contribution in [-0.4, -0.2) is 59.8 Å². The van der Waals surface area contributed by atoms with E-state index in [-0.39, 0.29) is 5.91 Å². The number of nitrogens with one attached hydrogen (secondary N) is 1. The van der Waals surface area contributed by atoms with Crippen molar-refractivity contribution in [2.75, 3.05) is 37.6 Å². The van der Waals surface area contributed by atoms with Crippen LogP contribution in [0.15, 0.2) is 36.4 Å². The number of nitrogens with zero attached hydrogens (tertiary/aromatic N) is 4. The van der Waals surface area contributed by atoms with Crippen LogP contribution in [0, 0.1) is 0 Å². The maximum absolute atomic E-state index is 12.4. The van der Waals surface area contributed by atoms with Crippen LogP contribution in [-0.2, 0) is 0 Å². The zero-order valence-corrected chi connectivity index (χ0v) is 18.0. The minimum atomic E-state index is -0.0105. The molecule has 160 valence electrons. The molecule has 2 saturated heterocycles. The maximum Gasteiger partial charge on any atom is 0.251 e. The van der Waals surface area contributed by atoms with Crippen LogP contribution in [0.2, 0.25) is 0 Å². The Hall–Kier alpha value is -2.47. The number of anilines is 1. The summed E-state index contributed by atoms with van der Waals surface area (Å²) in [5.41, 5.74) is 2.50. The van der Waals surface area contributed by atoms with E-state index in [1.807, 2.05) is 36.4 Å². The van der Waals surface area contributed by atoms with E-state index in [2.05, 4.69) is 32.2 Å². The molecule has 0 radical (unpaired) electrons. The quantitative estimate of drug-likeness (QED) is 0.709. The van der Waals surface area contributed by atoms with Gasteiger partial charge < -0.3 is 15.1 Å². The number of hydrogen-bond donors (Lipinski definition) is 1. The minimum absolute atomic E-state index is 0.0105. The van der Waals surface area contributed by atoms with Gasteiger partial charge in [0.2, 0.25) is 0 Å². The van der Waals surface area contributed by atoms with Gasteiger partial charge in [0.25, 0.3) is 5.91 Å². The second-order valence-electron chi connectivity index (χ2n) is 8.54. The molecule has 2 aliphatic heterocycles. The number of benzene rings is 1. The van der Waals surface area contributed by atoms with Gasteiger partial charge in [0, 0.05) is 43.3 Å². The van der Waals surface area contributed by atoms with Gasteiger partial charge in [-0.1, -0.05) is 18.6 Å². The molecule has 0 bridgehead atoms. The number of carbonyl (C=O) groups excluding carboxylic acids is 1. The number of rotatable bonds is 7. The fourth-order valence-corrected chi connectivity index (χ4v) is 4.46. The highest BCUT2D eigenvalue weighted by Crippen LogP contribution is 2.21. The Balaban J connectivity index is 1.26. The van der Waals surface area contributed by atoms with Gasteiger partial charge in [0.05, 0.1) is 5.69 Å². The summed E-state index contributed by atoms with van der Waals surface area (Å²) in [4.78, 5) is 17.3. The lowest BCUT2D eigenvalue weighted by Gasteiger charge is -2.33. The van der Waals surface area contributed by atoms with Crippen molar-refractivity contribution in [2.24, 2.45) is 0 Å². The Morgan fingerprint density at radius 2 is 1.77 bits per heavy atom. The highest BCUT2D eigenvalue weighted by Gasteiger charge is 2.17. The third-order valence-electron chi connectivity index (χ3n) is 6.37. The van der Waals surface area contributed by atoms with Crippen molar-refractivity contribution in [3.8, 4) is 11.3 Å². The minimum Gasteiger partial charge on any atom is -0.355 e. The molecule has 6 heteroatoms. The van der Waals surface area contributed by atoms with Crippen molar-refractivity contribution < 1.29 is 4.79 Å². The molecule has 1 atom stereocenters. The summed E-state index contributed by atoms with van der Waals surface area (Å²) >= 11 is 0. The molecule has 1 aromatic carbocycles. The topological polar surface area (TPSA) is 61.4 Å². The highest BCUT2D eigenvalue weighted by atomic mass is 16.1. The van der Waals surface area contributed by atoms with Crippen molar-refractivity contribution in [3.63, 3.8) is 0 Å². The molecule has 2 aromatic rings. The molecule has 0 spiro atoms. The fourth-order valence-electron chi connectivity index (χ4n) is 4.46. The maximum atomic E-state index is 12.4. The van der Waals surface area contributed by atoms with Crippen LogP contribution in [0.5, 0.6) is 0 Å². The number of aromatic nitrogens is 2. The first kappa shape index (κ1) is 20.8. The third-order valence-corrected chi connectivity index (χ3v) is 6.37. The Labute approximate surface area is 179 Å². The molecule has 30 heavy (non-hydrogen) atoms. The Bertz CT molecular complexity index is 814. The number of hydrogen-bond acceptors (Lipinski definition) is 5. The summed E-state index contributed by atoms with van der Waals surface area (Å²) in [6.45, 7) is 7.41. The van der Waals surface area contributed by atoms with Crippen LogP contribution in [0.4, 0.5) is 5.82 Å². The zero-order valence-electron chi connectivity index (χ0n) is 18.0. The highest BCUT2D eigenvalue weighted by molar-refractivity contribution is 5.94. The average molecular weight is 408 g/mol. The molecule has 1 N–H and O–H groups in total. The summed E-state index contributed by atoms with van der Waals surface area (Å²) in [6, 6.07) is 12.4. The molecule has 1 aromatic heterocycles. The van der Waals surface area contributed by atoms with Gasteiger partial charge >= 0.3 is 0 Å². The van der Waals surface area contributed by atoms with Crippen molar-refractivity contribution in [1.29, 1.82) is 0 Å². The van der Waals surface area contributed by atoms with E-state index in [1.165, 1.54) is 38.6 Å². The lowest BCUT2D eigenvalue weighted by Crippen LogP contribution is -2.39. The Morgan fingerprint density at radius 1 is 1.00 bits per heavy atom. The van der Waals surface area contributed by atoms with Crippen molar-refractivity contribution >= 4 is 11.7 Å². The molecule has 3 heterocycles. The van der Waals surface area contributed by atoms with Gasteiger partial charge in [-0.15, -0.1) is 10.2 Å². The molecule has 1 amide bonds. The van der Waals surface area contributed by atoms with E-state index in [0.29, 0.717) is 18.2 Å². The van der Waals surface area contributed by atoms with Crippen LogP contribution < -0.4 is 10.2 Å². The summed E-state index contributed by atoms with van der Waals surface area (Å²) in [6.07, 6.45) is 7.39. The number of carbonyl (C=O) groups is 1. The van der Waals surface area contributed by atoms with Crippen LogP contribution in [0.1, 0.15) is 55.8 Å². The van der Waals surface area contributed by atoms with E-state index in [9.17, 15) is 4.79 Å². The van der Waals surface area contributed by atoms with Gasteiger partial charge in [-0.3, -0.25) is 4.79 Å². The lowest BCUT2D eigenvalue weighted by atomic mass is 10.0. The predicted octanol–water partition coefficient (Wildman–Crippen LogP) is 3.74. The average Bonchev–Trinajstić information content (AvgIpc) is 3.33. The molecule has 6 nitrogen and oxygen atoms in total. The van der Waals surface area contributed by atoms with Gasteiger partial charge in [-0.25, -0.2) is 0 Å². The molecule has 0 saturated carbocycles. The standard InChI is InChI=1S/C24H33N5O/c1-19-7-2-3-15-28(19)18-6-14-25-24(30)21-10-8-20(9-11-21)22-12-13-23(27-26-22)29-16-4-5-17-29/h8-13,19H,2-7,14-18H2,1H3,(H,25,30). The van der Waals surface area contributed by atoms with Gasteiger partial charge in [0.15, 0.2) is 5.82 Å². The SMILES string of the molecule is CC1CCCCN1CCCNC(=O)c1ccc(-c2ccc(N3CCCC3)nn2)cc1. The first-order valence-electron chi connectivity index (χ1n) is 11.4. The van der Waals surface area contributed by atoms with Crippen molar-refractivity contribution in [1.82, 2.24) is 20.4 Å². The normalized spacial score (nSPS) is 19.8. The monoisotopic (exact) mass is 407 g/mol. The second-order valence-corrected chi connectivity index (χ2v) is 8.54. The van der Waals surface area contributed by atoms with Crippen molar-refractivity contribution in [3.05, 3.63) is 42.0 Å². The number of piperidine rings is 1. The molecule has 2 aliphatic rings. The van der Waals surface area contributed by atoms with E-state index < -0.39 is 0 Å². The van der Waals surface area contributed by atoms with E-state index in [1.54, 1.807) is 0 Å². The summed E-state index contributed by atoms with van der Waals surface area (Å²) < 4.78 is 0.